The first-order valence-electron chi connectivity index (χ1n) is 6.26. The highest BCUT2D eigenvalue weighted by Crippen LogP contribution is 2.32. The quantitative estimate of drug-likeness (QED) is 0.756. The van der Waals surface area contributed by atoms with Crippen molar-refractivity contribution >= 4 is 28.9 Å². The van der Waals surface area contributed by atoms with E-state index in [1.165, 1.54) is 16.7 Å². The van der Waals surface area contributed by atoms with Gasteiger partial charge < -0.3 is 5.32 Å². The molecule has 0 aliphatic heterocycles. The Morgan fingerprint density at radius 1 is 1.05 bits per heavy atom. The minimum absolute atomic E-state index is 0.177. The van der Waals surface area contributed by atoms with Gasteiger partial charge in [-0.2, -0.15) is 0 Å². The van der Waals surface area contributed by atoms with Crippen molar-refractivity contribution in [3.63, 3.8) is 0 Å². The Labute approximate surface area is 124 Å². The fourth-order valence-electron chi connectivity index (χ4n) is 2.15. The molecule has 0 fully saturated rings. The molecule has 2 aromatic carbocycles. The van der Waals surface area contributed by atoms with E-state index in [0.29, 0.717) is 10.0 Å². The summed E-state index contributed by atoms with van der Waals surface area (Å²) in [6.07, 6.45) is 0. The van der Waals surface area contributed by atoms with E-state index < -0.39 is 0 Å². The average molecular weight is 294 g/mol. The molecule has 2 aromatic rings. The third-order valence-corrected chi connectivity index (χ3v) is 4.04. The molecule has 0 aliphatic carbocycles. The van der Waals surface area contributed by atoms with Crippen molar-refractivity contribution in [1.29, 1.82) is 0 Å². The molecule has 0 heterocycles. The number of hydrogen-bond donors (Lipinski definition) is 1. The maximum atomic E-state index is 6.20. The van der Waals surface area contributed by atoms with Gasteiger partial charge in [0.1, 0.15) is 0 Å². The van der Waals surface area contributed by atoms with Crippen LogP contribution in [0.1, 0.15) is 29.7 Å². The summed E-state index contributed by atoms with van der Waals surface area (Å²) in [6.45, 7) is 6.34. The fourth-order valence-corrected chi connectivity index (χ4v) is 2.51. The first kappa shape index (κ1) is 14.2. The molecule has 0 bridgehead atoms. The smallest absolute Gasteiger partial charge is 0.0823 e. The molecule has 1 N–H and O–H groups in total. The number of rotatable bonds is 3. The van der Waals surface area contributed by atoms with Crippen LogP contribution >= 0.6 is 23.2 Å². The van der Waals surface area contributed by atoms with Crippen molar-refractivity contribution in [2.45, 2.75) is 26.8 Å². The molecular formula is C16H17Cl2N. The predicted molar refractivity (Wildman–Crippen MR) is 84.4 cm³/mol. The van der Waals surface area contributed by atoms with Gasteiger partial charge in [-0.05, 0) is 44.0 Å². The van der Waals surface area contributed by atoms with Gasteiger partial charge in [0.2, 0.25) is 0 Å². The highest BCUT2D eigenvalue weighted by Gasteiger charge is 2.11. The van der Waals surface area contributed by atoms with Crippen LogP contribution in [0.15, 0.2) is 36.4 Å². The molecule has 1 unspecified atom stereocenters. The van der Waals surface area contributed by atoms with Gasteiger partial charge in [-0.25, -0.2) is 0 Å². The Morgan fingerprint density at radius 2 is 1.79 bits per heavy atom. The minimum atomic E-state index is 0.177. The first-order chi connectivity index (χ1) is 8.99. The standard InChI is InChI=1S/C16H17Cl2N/c1-10-7-8-11(2)13(9-10)12(3)19-15-6-4-5-14(17)16(15)18/h4-9,12,19H,1-3H3. The number of aryl methyl sites for hydroxylation is 2. The molecule has 0 aliphatic rings. The Bertz CT molecular complexity index is 593. The van der Waals surface area contributed by atoms with Crippen molar-refractivity contribution in [2.75, 3.05) is 5.32 Å². The normalized spacial score (nSPS) is 12.3. The van der Waals surface area contributed by atoms with E-state index in [1.54, 1.807) is 6.07 Å². The lowest BCUT2D eigenvalue weighted by molar-refractivity contribution is 0.872. The number of hydrogen-bond acceptors (Lipinski definition) is 1. The van der Waals surface area contributed by atoms with E-state index in [1.807, 2.05) is 12.1 Å². The number of halogens is 2. The molecule has 0 aromatic heterocycles. The lowest BCUT2D eigenvalue weighted by Gasteiger charge is -2.19. The van der Waals surface area contributed by atoms with Crippen molar-refractivity contribution in [3.05, 3.63) is 63.1 Å². The number of nitrogens with one attached hydrogen (secondary N) is 1. The van der Waals surface area contributed by atoms with Gasteiger partial charge >= 0.3 is 0 Å². The summed E-state index contributed by atoms with van der Waals surface area (Å²) in [7, 11) is 0. The highest BCUT2D eigenvalue weighted by molar-refractivity contribution is 6.43. The van der Waals surface area contributed by atoms with Crippen LogP contribution in [0.3, 0.4) is 0 Å². The van der Waals surface area contributed by atoms with E-state index in [9.17, 15) is 0 Å². The molecule has 0 radical (unpaired) electrons. The zero-order chi connectivity index (χ0) is 14.0. The summed E-state index contributed by atoms with van der Waals surface area (Å²) >= 11 is 12.2. The van der Waals surface area contributed by atoms with E-state index >= 15 is 0 Å². The summed E-state index contributed by atoms with van der Waals surface area (Å²) in [5.41, 5.74) is 4.66. The van der Waals surface area contributed by atoms with E-state index in [4.69, 9.17) is 23.2 Å². The van der Waals surface area contributed by atoms with Crippen molar-refractivity contribution in [1.82, 2.24) is 0 Å². The monoisotopic (exact) mass is 293 g/mol. The average Bonchev–Trinajstić information content (AvgIpc) is 2.38. The highest BCUT2D eigenvalue weighted by atomic mass is 35.5. The van der Waals surface area contributed by atoms with Crippen LogP contribution < -0.4 is 5.32 Å². The third-order valence-electron chi connectivity index (χ3n) is 3.22. The van der Waals surface area contributed by atoms with Gasteiger partial charge in [0, 0.05) is 6.04 Å². The Hall–Kier alpha value is -1.18. The van der Waals surface area contributed by atoms with Gasteiger partial charge in [-0.1, -0.05) is 53.0 Å². The summed E-state index contributed by atoms with van der Waals surface area (Å²) < 4.78 is 0. The van der Waals surface area contributed by atoms with Gasteiger partial charge in [0.15, 0.2) is 0 Å². The molecule has 3 heteroatoms. The summed E-state index contributed by atoms with van der Waals surface area (Å²) in [5.74, 6) is 0. The lowest BCUT2D eigenvalue weighted by atomic mass is 10.00. The SMILES string of the molecule is Cc1ccc(C)c(C(C)Nc2cccc(Cl)c2Cl)c1. The Balaban J connectivity index is 2.28. The molecule has 0 saturated carbocycles. The fraction of sp³-hybridized carbons (Fsp3) is 0.250. The molecule has 100 valence electrons. The maximum absolute atomic E-state index is 6.20. The van der Waals surface area contributed by atoms with Gasteiger partial charge in [-0.3, -0.25) is 0 Å². The minimum Gasteiger partial charge on any atom is -0.377 e. The van der Waals surface area contributed by atoms with E-state index in [-0.39, 0.29) is 6.04 Å². The molecular weight excluding hydrogens is 277 g/mol. The van der Waals surface area contributed by atoms with Crippen LogP contribution in [0.4, 0.5) is 5.69 Å². The topological polar surface area (TPSA) is 12.0 Å². The first-order valence-corrected chi connectivity index (χ1v) is 7.02. The molecule has 19 heavy (non-hydrogen) atoms. The van der Waals surface area contributed by atoms with E-state index in [2.05, 4.69) is 44.3 Å². The number of anilines is 1. The zero-order valence-corrected chi connectivity index (χ0v) is 12.8. The third kappa shape index (κ3) is 3.23. The van der Waals surface area contributed by atoms with Crippen LogP contribution in [0, 0.1) is 13.8 Å². The van der Waals surface area contributed by atoms with Crippen LogP contribution in [-0.2, 0) is 0 Å². The zero-order valence-electron chi connectivity index (χ0n) is 11.3. The molecule has 0 saturated heterocycles. The summed E-state index contributed by atoms with van der Waals surface area (Å²) in [4.78, 5) is 0. The lowest BCUT2D eigenvalue weighted by Crippen LogP contribution is -2.09. The second-order valence-electron chi connectivity index (χ2n) is 4.83. The van der Waals surface area contributed by atoms with Crippen LogP contribution in [0.5, 0.6) is 0 Å². The van der Waals surface area contributed by atoms with Crippen LogP contribution in [0.2, 0.25) is 10.0 Å². The summed E-state index contributed by atoms with van der Waals surface area (Å²) in [5, 5.41) is 4.56. The predicted octanol–water partition coefficient (Wildman–Crippen LogP) is 5.78. The molecule has 0 amide bonds. The summed E-state index contributed by atoms with van der Waals surface area (Å²) in [6, 6.07) is 12.3. The second kappa shape index (κ2) is 5.85. The maximum Gasteiger partial charge on any atom is 0.0823 e. The Morgan fingerprint density at radius 3 is 2.53 bits per heavy atom. The van der Waals surface area contributed by atoms with Crippen molar-refractivity contribution < 1.29 is 0 Å². The van der Waals surface area contributed by atoms with Crippen molar-refractivity contribution in [3.8, 4) is 0 Å². The molecule has 0 spiro atoms. The largest absolute Gasteiger partial charge is 0.377 e. The van der Waals surface area contributed by atoms with Crippen LogP contribution in [-0.4, -0.2) is 0 Å². The van der Waals surface area contributed by atoms with E-state index in [0.717, 1.165) is 5.69 Å². The molecule has 1 atom stereocenters. The van der Waals surface area contributed by atoms with Crippen LogP contribution in [0.25, 0.3) is 0 Å². The van der Waals surface area contributed by atoms with Gasteiger partial charge in [-0.15, -0.1) is 0 Å². The number of benzene rings is 2. The van der Waals surface area contributed by atoms with Gasteiger partial charge in [0.25, 0.3) is 0 Å². The molecule has 2 rings (SSSR count). The Kier molecular flexibility index (Phi) is 4.38. The second-order valence-corrected chi connectivity index (χ2v) is 5.61. The van der Waals surface area contributed by atoms with Crippen molar-refractivity contribution in [2.24, 2.45) is 0 Å². The van der Waals surface area contributed by atoms with Gasteiger partial charge in [0.05, 0.1) is 15.7 Å². The molecule has 1 nitrogen and oxygen atoms in total.